The standard InChI is InChI=1S/C18H25F2NO5S/c1-12-6-8-14(9-7-12)27(23,24)26-15-13(2)10-21(11-18(15,19)20)16(22)25-17(3,4)5/h6-9,13,15H,10-11H2,1-5H3. The molecule has 1 aliphatic rings. The average Bonchev–Trinajstić information content (AvgIpc) is 2.49. The van der Waals surface area contributed by atoms with Crippen LogP contribution >= 0.6 is 0 Å². The number of carbonyl (C=O) groups excluding carboxylic acids is 1. The van der Waals surface area contributed by atoms with E-state index in [4.69, 9.17) is 8.92 Å². The van der Waals surface area contributed by atoms with E-state index in [9.17, 15) is 22.0 Å². The van der Waals surface area contributed by atoms with Gasteiger partial charge in [0.05, 0.1) is 11.4 Å². The van der Waals surface area contributed by atoms with Crippen LogP contribution in [0.2, 0.25) is 0 Å². The number of hydrogen-bond acceptors (Lipinski definition) is 5. The van der Waals surface area contributed by atoms with Crippen molar-refractivity contribution >= 4 is 16.2 Å². The molecule has 0 saturated carbocycles. The van der Waals surface area contributed by atoms with Gasteiger partial charge >= 0.3 is 6.09 Å². The molecule has 1 fully saturated rings. The second kappa shape index (κ2) is 7.35. The minimum atomic E-state index is -4.36. The summed E-state index contributed by atoms with van der Waals surface area (Å²) in [6.45, 7) is 7.03. The van der Waals surface area contributed by atoms with Gasteiger partial charge in [0.2, 0.25) is 0 Å². The first kappa shape index (κ1) is 21.6. The highest BCUT2D eigenvalue weighted by Gasteiger charge is 2.53. The van der Waals surface area contributed by atoms with Gasteiger partial charge < -0.3 is 9.64 Å². The quantitative estimate of drug-likeness (QED) is 0.719. The Morgan fingerprint density at radius 3 is 2.26 bits per heavy atom. The molecule has 2 rings (SSSR count). The molecule has 0 aliphatic carbocycles. The molecule has 0 aromatic heterocycles. The zero-order valence-corrected chi connectivity index (χ0v) is 16.8. The Balaban J connectivity index is 2.17. The van der Waals surface area contributed by atoms with E-state index in [2.05, 4.69) is 0 Å². The van der Waals surface area contributed by atoms with E-state index in [-0.39, 0.29) is 11.4 Å². The van der Waals surface area contributed by atoms with Crippen molar-refractivity contribution in [3.63, 3.8) is 0 Å². The monoisotopic (exact) mass is 405 g/mol. The lowest BCUT2D eigenvalue weighted by Gasteiger charge is -2.41. The SMILES string of the molecule is Cc1ccc(S(=O)(=O)OC2C(C)CN(C(=O)OC(C)(C)C)CC2(F)F)cc1. The van der Waals surface area contributed by atoms with Crippen molar-refractivity contribution in [2.24, 2.45) is 5.92 Å². The van der Waals surface area contributed by atoms with Crippen molar-refractivity contribution in [2.75, 3.05) is 13.1 Å². The van der Waals surface area contributed by atoms with Crippen LogP contribution in [0.3, 0.4) is 0 Å². The van der Waals surface area contributed by atoms with Crippen LogP contribution in [0.4, 0.5) is 13.6 Å². The smallest absolute Gasteiger partial charge is 0.410 e. The summed E-state index contributed by atoms with van der Waals surface area (Å²) in [6, 6.07) is 5.73. The zero-order chi connectivity index (χ0) is 20.6. The number of hydrogen-bond donors (Lipinski definition) is 0. The molecule has 0 N–H and O–H groups in total. The molecule has 1 heterocycles. The van der Waals surface area contributed by atoms with Crippen LogP contribution in [0.25, 0.3) is 0 Å². The van der Waals surface area contributed by atoms with Gasteiger partial charge in [0, 0.05) is 12.5 Å². The number of piperidine rings is 1. The highest BCUT2D eigenvalue weighted by molar-refractivity contribution is 7.86. The number of benzene rings is 1. The molecule has 6 nitrogen and oxygen atoms in total. The summed E-state index contributed by atoms with van der Waals surface area (Å²) in [5.41, 5.74) is 0.0101. The number of halogens is 2. The molecule has 9 heteroatoms. The number of rotatable bonds is 3. The Labute approximate surface area is 158 Å². The highest BCUT2D eigenvalue weighted by Crippen LogP contribution is 2.36. The average molecular weight is 405 g/mol. The summed E-state index contributed by atoms with van der Waals surface area (Å²) in [5, 5.41) is 0. The van der Waals surface area contributed by atoms with E-state index in [1.165, 1.54) is 19.1 Å². The molecule has 0 spiro atoms. The van der Waals surface area contributed by atoms with Gasteiger partial charge in [-0.25, -0.2) is 13.6 Å². The lowest BCUT2D eigenvalue weighted by molar-refractivity contribution is -0.155. The van der Waals surface area contributed by atoms with E-state index < -0.39 is 46.3 Å². The largest absolute Gasteiger partial charge is 0.444 e. The van der Waals surface area contributed by atoms with Gasteiger partial charge in [0.25, 0.3) is 16.0 Å². The molecule has 2 atom stereocenters. The fourth-order valence-corrected chi connectivity index (χ4v) is 3.98. The van der Waals surface area contributed by atoms with Crippen LogP contribution in [0.5, 0.6) is 0 Å². The third kappa shape index (κ3) is 5.38. The first-order chi connectivity index (χ1) is 12.2. The second-order valence-electron chi connectivity index (χ2n) is 7.88. The Kier molecular flexibility index (Phi) is 5.87. The topological polar surface area (TPSA) is 72.9 Å². The van der Waals surface area contributed by atoms with Gasteiger partial charge in [-0.3, -0.25) is 4.18 Å². The normalized spacial score (nSPS) is 23.1. The lowest BCUT2D eigenvalue weighted by atomic mass is 9.94. The van der Waals surface area contributed by atoms with Gasteiger partial charge in [0.1, 0.15) is 11.7 Å². The number of ether oxygens (including phenoxy) is 1. The summed E-state index contributed by atoms with van der Waals surface area (Å²) in [4.78, 5) is 12.8. The van der Waals surface area contributed by atoms with Crippen LogP contribution in [0, 0.1) is 12.8 Å². The maximum atomic E-state index is 14.6. The maximum absolute atomic E-state index is 14.6. The van der Waals surface area contributed by atoms with Gasteiger partial charge in [-0.1, -0.05) is 24.6 Å². The van der Waals surface area contributed by atoms with E-state index in [1.54, 1.807) is 39.8 Å². The molecule has 1 amide bonds. The lowest BCUT2D eigenvalue weighted by Crippen LogP contribution is -2.59. The summed E-state index contributed by atoms with van der Waals surface area (Å²) in [7, 11) is -4.36. The Morgan fingerprint density at radius 1 is 1.22 bits per heavy atom. The van der Waals surface area contributed by atoms with Crippen LogP contribution < -0.4 is 0 Å². The summed E-state index contributed by atoms with van der Waals surface area (Å²) < 4.78 is 64.1. The van der Waals surface area contributed by atoms with Crippen LogP contribution in [-0.2, 0) is 19.0 Å². The van der Waals surface area contributed by atoms with Crippen LogP contribution in [-0.4, -0.2) is 50.1 Å². The van der Waals surface area contributed by atoms with Gasteiger partial charge in [-0.15, -0.1) is 0 Å². The predicted molar refractivity (Wildman–Crippen MR) is 95.2 cm³/mol. The molecule has 27 heavy (non-hydrogen) atoms. The number of nitrogens with zero attached hydrogens (tertiary/aromatic N) is 1. The Hall–Kier alpha value is -1.74. The predicted octanol–water partition coefficient (Wildman–Crippen LogP) is 3.59. The molecular weight excluding hydrogens is 380 g/mol. The van der Waals surface area contributed by atoms with Gasteiger partial charge in [0.15, 0.2) is 0 Å². The molecule has 0 radical (unpaired) electrons. The second-order valence-corrected chi connectivity index (χ2v) is 9.46. The molecule has 152 valence electrons. The number of aryl methyl sites for hydroxylation is 1. The third-order valence-electron chi connectivity index (χ3n) is 4.03. The highest BCUT2D eigenvalue weighted by atomic mass is 32.2. The van der Waals surface area contributed by atoms with E-state index in [0.29, 0.717) is 0 Å². The Morgan fingerprint density at radius 2 is 1.78 bits per heavy atom. The molecule has 2 unspecified atom stereocenters. The van der Waals surface area contributed by atoms with Crippen LogP contribution in [0.1, 0.15) is 33.3 Å². The summed E-state index contributed by atoms with van der Waals surface area (Å²) in [6.07, 6.45) is -2.74. The molecule has 1 saturated heterocycles. The Bertz CT molecular complexity index is 787. The summed E-state index contributed by atoms with van der Waals surface area (Å²) in [5.74, 6) is -4.46. The van der Waals surface area contributed by atoms with Crippen molar-refractivity contribution in [1.82, 2.24) is 4.90 Å². The van der Waals surface area contributed by atoms with Crippen molar-refractivity contribution < 1.29 is 30.9 Å². The number of carbonyl (C=O) groups is 1. The molecular formula is C18H25F2NO5S. The zero-order valence-electron chi connectivity index (χ0n) is 16.0. The van der Waals surface area contributed by atoms with Crippen molar-refractivity contribution in [3.05, 3.63) is 29.8 Å². The first-order valence-corrected chi connectivity index (χ1v) is 9.98. The number of amides is 1. The minimum Gasteiger partial charge on any atom is -0.444 e. The maximum Gasteiger partial charge on any atom is 0.410 e. The van der Waals surface area contributed by atoms with Crippen molar-refractivity contribution in [2.45, 2.75) is 57.1 Å². The molecule has 1 aliphatic heterocycles. The number of alkyl halides is 2. The third-order valence-corrected chi connectivity index (χ3v) is 5.35. The fourth-order valence-electron chi connectivity index (χ4n) is 2.80. The van der Waals surface area contributed by atoms with E-state index in [0.717, 1.165) is 10.5 Å². The number of likely N-dealkylation sites (tertiary alicyclic amines) is 1. The van der Waals surface area contributed by atoms with Crippen LogP contribution in [0.15, 0.2) is 29.2 Å². The van der Waals surface area contributed by atoms with Crippen molar-refractivity contribution in [3.8, 4) is 0 Å². The van der Waals surface area contributed by atoms with Gasteiger partial charge in [-0.05, 0) is 39.8 Å². The fraction of sp³-hybridized carbons (Fsp3) is 0.611. The molecule has 0 bridgehead atoms. The van der Waals surface area contributed by atoms with E-state index >= 15 is 0 Å². The summed E-state index contributed by atoms with van der Waals surface area (Å²) >= 11 is 0. The molecule has 1 aromatic carbocycles. The van der Waals surface area contributed by atoms with Crippen molar-refractivity contribution in [1.29, 1.82) is 0 Å². The van der Waals surface area contributed by atoms with E-state index in [1.807, 2.05) is 0 Å². The first-order valence-electron chi connectivity index (χ1n) is 8.57. The minimum absolute atomic E-state index is 0.0986. The van der Waals surface area contributed by atoms with Gasteiger partial charge in [-0.2, -0.15) is 8.42 Å². The molecule has 1 aromatic rings.